The number of hydrogen-bond acceptors (Lipinski definition) is 2. The van der Waals surface area contributed by atoms with Crippen molar-refractivity contribution in [1.29, 1.82) is 0 Å². The average molecular weight is 342 g/mol. The van der Waals surface area contributed by atoms with Gasteiger partial charge in [0.05, 0.1) is 11.4 Å². The summed E-state index contributed by atoms with van der Waals surface area (Å²) in [6, 6.07) is 11.2. The van der Waals surface area contributed by atoms with Gasteiger partial charge in [0.1, 0.15) is 0 Å². The molecule has 0 saturated heterocycles. The van der Waals surface area contributed by atoms with Gasteiger partial charge in [0.15, 0.2) is 0 Å². The lowest BCUT2D eigenvalue weighted by Crippen LogP contribution is -2.17. The summed E-state index contributed by atoms with van der Waals surface area (Å²) in [6.45, 7) is 14.6. The highest BCUT2D eigenvalue weighted by Gasteiger charge is 2.26. The first-order chi connectivity index (χ1) is 11.5. The molecule has 0 aliphatic rings. The zero-order valence-corrected chi connectivity index (χ0v) is 17.3. The van der Waals surface area contributed by atoms with Gasteiger partial charge in [-0.1, -0.05) is 53.7 Å². The Bertz CT molecular complexity index is 680. The lowest BCUT2D eigenvalue weighted by molar-refractivity contribution is 0.400. The monoisotopic (exact) mass is 341 g/mol. The lowest BCUT2D eigenvalue weighted by Gasteiger charge is -2.20. The Kier molecular flexibility index (Phi) is 5.78. The molecule has 138 valence electrons. The molecule has 0 radical (unpaired) electrons. The molecule has 2 aromatic rings. The van der Waals surface area contributed by atoms with Crippen LogP contribution in [0, 0.1) is 0 Å². The van der Waals surface area contributed by atoms with Gasteiger partial charge in [-0.2, -0.15) is 5.10 Å². The second-order valence-corrected chi connectivity index (χ2v) is 9.40. The van der Waals surface area contributed by atoms with Crippen molar-refractivity contribution in [2.24, 2.45) is 0 Å². The van der Waals surface area contributed by atoms with E-state index in [-0.39, 0.29) is 10.8 Å². The van der Waals surface area contributed by atoms with E-state index in [9.17, 15) is 0 Å². The highest BCUT2D eigenvalue weighted by molar-refractivity contribution is 5.38. The summed E-state index contributed by atoms with van der Waals surface area (Å²) in [5, 5.41) is 4.94. The van der Waals surface area contributed by atoms with Crippen LogP contribution in [0.4, 0.5) is 0 Å². The Morgan fingerprint density at radius 2 is 1.52 bits per heavy atom. The van der Waals surface area contributed by atoms with Crippen molar-refractivity contribution >= 4 is 0 Å². The van der Waals surface area contributed by atoms with Crippen LogP contribution in [0.5, 0.6) is 0 Å². The molecule has 1 aromatic heterocycles. The Balaban J connectivity index is 2.30. The smallest absolute Gasteiger partial charge is 0.0685 e. The standard InChI is InChI=1S/C22H35N3/c1-21(2,3)19-16-20(22(4,5)6)25(23-19)18-13-11-17(12-14-18)10-9-15-24(7)8/h11-14,16H,9-10,15H2,1-8H3. The molecule has 0 atom stereocenters. The normalized spacial score (nSPS) is 12.8. The van der Waals surface area contributed by atoms with Gasteiger partial charge in [0.2, 0.25) is 0 Å². The average Bonchev–Trinajstić information content (AvgIpc) is 2.93. The molecule has 2 rings (SSSR count). The van der Waals surface area contributed by atoms with Crippen LogP contribution in [0.25, 0.3) is 5.69 Å². The van der Waals surface area contributed by atoms with E-state index in [1.54, 1.807) is 0 Å². The third-order valence-electron chi connectivity index (χ3n) is 4.50. The van der Waals surface area contributed by atoms with Gasteiger partial charge in [0.25, 0.3) is 0 Å². The highest BCUT2D eigenvalue weighted by Crippen LogP contribution is 2.30. The predicted octanol–water partition coefficient (Wildman–Crippen LogP) is 4.96. The van der Waals surface area contributed by atoms with Gasteiger partial charge < -0.3 is 4.90 Å². The maximum Gasteiger partial charge on any atom is 0.0685 e. The van der Waals surface area contributed by atoms with Crippen LogP contribution in [0.3, 0.4) is 0 Å². The summed E-state index contributed by atoms with van der Waals surface area (Å²) >= 11 is 0. The fourth-order valence-corrected chi connectivity index (χ4v) is 2.88. The molecule has 1 heterocycles. The summed E-state index contributed by atoms with van der Waals surface area (Å²) in [6.07, 6.45) is 2.31. The molecule has 3 nitrogen and oxygen atoms in total. The molecule has 0 bridgehead atoms. The third-order valence-corrected chi connectivity index (χ3v) is 4.50. The fourth-order valence-electron chi connectivity index (χ4n) is 2.88. The van der Waals surface area contributed by atoms with Crippen molar-refractivity contribution in [3.63, 3.8) is 0 Å². The molecule has 0 spiro atoms. The van der Waals surface area contributed by atoms with E-state index >= 15 is 0 Å². The Morgan fingerprint density at radius 1 is 0.920 bits per heavy atom. The van der Waals surface area contributed by atoms with Gasteiger partial charge in [-0.25, -0.2) is 4.68 Å². The van der Waals surface area contributed by atoms with Crippen molar-refractivity contribution in [1.82, 2.24) is 14.7 Å². The first-order valence-corrected chi connectivity index (χ1v) is 9.33. The number of hydrogen-bond donors (Lipinski definition) is 0. The number of aromatic nitrogens is 2. The van der Waals surface area contributed by atoms with E-state index < -0.39 is 0 Å². The molecular weight excluding hydrogens is 306 g/mol. The van der Waals surface area contributed by atoms with E-state index in [2.05, 4.69) is 95.6 Å². The van der Waals surface area contributed by atoms with Crippen LogP contribution in [0.1, 0.15) is 64.9 Å². The summed E-state index contributed by atoms with van der Waals surface area (Å²) in [7, 11) is 4.25. The van der Waals surface area contributed by atoms with Crippen LogP contribution < -0.4 is 0 Å². The van der Waals surface area contributed by atoms with E-state index in [4.69, 9.17) is 5.10 Å². The molecule has 0 fully saturated rings. The fraction of sp³-hybridized carbons (Fsp3) is 0.591. The quantitative estimate of drug-likeness (QED) is 0.766. The molecule has 0 N–H and O–H groups in total. The van der Waals surface area contributed by atoms with Gasteiger partial charge >= 0.3 is 0 Å². The Morgan fingerprint density at radius 3 is 2.00 bits per heavy atom. The van der Waals surface area contributed by atoms with Crippen LogP contribution in [0.2, 0.25) is 0 Å². The Hall–Kier alpha value is -1.61. The van der Waals surface area contributed by atoms with Crippen LogP contribution in [0.15, 0.2) is 30.3 Å². The third kappa shape index (κ3) is 5.18. The molecule has 3 heteroatoms. The Labute approximate surface area is 154 Å². The van der Waals surface area contributed by atoms with Crippen molar-refractivity contribution in [3.8, 4) is 5.69 Å². The predicted molar refractivity (Wildman–Crippen MR) is 108 cm³/mol. The van der Waals surface area contributed by atoms with E-state index in [1.807, 2.05) is 0 Å². The maximum absolute atomic E-state index is 4.94. The molecule has 1 aromatic carbocycles. The summed E-state index contributed by atoms with van der Waals surface area (Å²) < 4.78 is 2.13. The second kappa shape index (κ2) is 7.33. The first-order valence-electron chi connectivity index (χ1n) is 9.33. The first kappa shape index (κ1) is 19.7. The zero-order chi connectivity index (χ0) is 18.8. The minimum atomic E-state index is 0.0529. The van der Waals surface area contributed by atoms with Gasteiger partial charge in [-0.3, -0.25) is 0 Å². The van der Waals surface area contributed by atoms with Crippen molar-refractivity contribution in [3.05, 3.63) is 47.3 Å². The summed E-state index contributed by atoms with van der Waals surface area (Å²) in [5.74, 6) is 0. The van der Waals surface area contributed by atoms with Gasteiger partial charge in [0, 0.05) is 16.5 Å². The molecule has 0 aliphatic carbocycles. The second-order valence-electron chi connectivity index (χ2n) is 9.40. The summed E-state index contributed by atoms with van der Waals surface area (Å²) in [5.41, 5.74) is 5.06. The van der Waals surface area contributed by atoms with Crippen LogP contribution in [-0.4, -0.2) is 35.3 Å². The van der Waals surface area contributed by atoms with Gasteiger partial charge in [-0.15, -0.1) is 0 Å². The molecule has 0 amide bonds. The SMILES string of the molecule is CN(C)CCCc1ccc(-n2nc(C(C)(C)C)cc2C(C)(C)C)cc1. The molecule has 0 unspecified atom stereocenters. The molecule has 0 saturated carbocycles. The lowest BCUT2D eigenvalue weighted by atomic mass is 9.88. The minimum absolute atomic E-state index is 0.0529. The minimum Gasteiger partial charge on any atom is -0.309 e. The van der Waals surface area contributed by atoms with E-state index in [0.29, 0.717) is 0 Å². The van der Waals surface area contributed by atoms with Crippen LogP contribution in [-0.2, 0) is 17.3 Å². The largest absolute Gasteiger partial charge is 0.309 e. The number of benzene rings is 1. The topological polar surface area (TPSA) is 21.1 Å². The van der Waals surface area contributed by atoms with Gasteiger partial charge in [-0.05, 0) is 57.2 Å². The molecule has 25 heavy (non-hydrogen) atoms. The van der Waals surface area contributed by atoms with E-state index in [1.165, 1.54) is 17.7 Å². The molecular formula is C22H35N3. The van der Waals surface area contributed by atoms with Crippen LogP contribution >= 0.6 is 0 Å². The molecule has 0 aliphatic heterocycles. The maximum atomic E-state index is 4.94. The number of aryl methyl sites for hydroxylation is 1. The van der Waals surface area contributed by atoms with Crippen molar-refractivity contribution < 1.29 is 0 Å². The van der Waals surface area contributed by atoms with E-state index in [0.717, 1.165) is 24.3 Å². The number of nitrogens with zero attached hydrogens (tertiary/aromatic N) is 3. The van der Waals surface area contributed by atoms with Crippen molar-refractivity contribution in [2.45, 2.75) is 65.2 Å². The van der Waals surface area contributed by atoms with Crippen molar-refractivity contribution in [2.75, 3.05) is 20.6 Å². The zero-order valence-electron chi connectivity index (χ0n) is 17.3. The number of rotatable bonds is 5. The summed E-state index contributed by atoms with van der Waals surface area (Å²) in [4.78, 5) is 2.24. The highest BCUT2D eigenvalue weighted by atomic mass is 15.3.